The van der Waals surface area contributed by atoms with Crippen molar-refractivity contribution in [3.63, 3.8) is 0 Å². The fourth-order valence-corrected chi connectivity index (χ4v) is 3.82. The van der Waals surface area contributed by atoms with E-state index in [4.69, 9.17) is 4.74 Å². The fourth-order valence-electron chi connectivity index (χ4n) is 3.82. The first-order valence-electron chi connectivity index (χ1n) is 10.5. The molecule has 3 rings (SSSR count). The Morgan fingerprint density at radius 1 is 1.07 bits per heavy atom. The highest BCUT2D eigenvalue weighted by Crippen LogP contribution is 2.23. The predicted molar refractivity (Wildman–Crippen MR) is 113 cm³/mol. The van der Waals surface area contributed by atoms with Gasteiger partial charge in [-0.1, -0.05) is 0 Å². The summed E-state index contributed by atoms with van der Waals surface area (Å²) in [5, 5.41) is 18.7. The van der Waals surface area contributed by atoms with Gasteiger partial charge in [0.15, 0.2) is 0 Å². The standard InChI is InChI=1S/C20H31BN4O5/c1-20(2,3)30-19(27)25-8-5-15(6-9-25)18(26)24-12-10-23(11-13-24)17-14-16(21(28)29)4-7-22-17/h4,7,14-15,28-29H,5-6,8-13H2,1-3H3. The number of anilines is 1. The lowest BCUT2D eigenvalue weighted by molar-refractivity contribution is -0.137. The van der Waals surface area contributed by atoms with Crippen molar-refractivity contribution in [2.75, 3.05) is 44.2 Å². The number of carbonyl (C=O) groups excluding carboxylic acids is 2. The second-order valence-corrected chi connectivity index (χ2v) is 8.88. The minimum Gasteiger partial charge on any atom is -0.444 e. The maximum Gasteiger partial charge on any atom is 0.488 e. The SMILES string of the molecule is CC(C)(C)OC(=O)N1CCC(C(=O)N2CCN(c3cc(B(O)O)ccn3)CC2)CC1. The highest BCUT2D eigenvalue weighted by Gasteiger charge is 2.33. The van der Waals surface area contributed by atoms with Crippen LogP contribution in [0.2, 0.25) is 0 Å². The third-order valence-corrected chi connectivity index (χ3v) is 5.48. The molecule has 0 unspecified atom stereocenters. The molecule has 10 heteroatoms. The van der Waals surface area contributed by atoms with E-state index in [0.29, 0.717) is 63.4 Å². The molecule has 2 saturated heterocycles. The second kappa shape index (κ2) is 9.22. The van der Waals surface area contributed by atoms with Crippen LogP contribution in [0.15, 0.2) is 18.3 Å². The van der Waals surface area contributed by atoms with E-state index >= 15 is 0 Å². The number of likely N-dealkylation sites (tertiary alicyclic amines) is 1. The van der Waals surface area contributed by atoms with E-state index in [1.54, 1.807) is 23.2 Å². The Labute approximate surface area is 177 Å². The summed E-state index contributed by atoms with van der Waals surface area (Å²) >= 11 is 0. The van der Waals surface area contributed by atoms with Crippen molar-refractivity contribution in [3.05, 3.63) is 18.3 Å². The van der Waals surface area contributed by atoms with Gasteiger partial charge in [-0.3, -0.25) is 4.79 Å². The molecule has 0 bridgehead atoms. The minimum absolute atomic E-state index is 0.0683. The zero-order chi connectivity index (χ0) is 21.9. The Balaban J connectivity index is 1.48. The van der Waals surface area contributed by atoms with Crippen LogP contribution in [0.25, 0.3) is 0 Å². The fraction of sp³-hybridized carbons (Fsp3) is 0.650. The van der Waals surface area contributed by atoms with Crippen LogP contribution < -0.4 is 10.4 Å². The molecule has 30 heavy (non-hydrogen) atoms. The molecule has 164 valence electrons. The Hall–Kier alpha value is -2.33. The van der Waals surface area contributed by atoms with E-state index in [-0.39, 0.29) is 17.9 Å². The van der Waals surface area contributed by atoms with Gasteiger partial charge in [-0.05, 0) is 51.2 Å². The van der Waals surface area contributed by atoms with Gasteiger partial charge in [0.1, 0.15) is 11.4 Å². The first-order chi connectivity index (χ1) is 14.1. The van der Waals surface area contributed by atoms with Crippen molar-refractivity contribution >= 4 is 30.4 Å². The van der Waals surface area contributed by atoms with Crippen molar-refractivity contribution in [1.82, 2.24) is 14.8 Å². The minimum atomic E-state index is -1.53. The average Bonchev–Trinajstić information content (AvgIpc) is 2.72. The first kappa shape index (κ1) is 22.4. The third-order valence-electron chi connectivity index (χ3n) is 5.48. The van der Waals surface area contributed by atoms with Crippen molar-refractivity contribution < 1.29 is 24.4 Å². The molecule has 1 aromatic heterocycles. The highest BCUT2D eigenvalue weighted by atomic mass is 16.6. The summed E-state index contributed by atoms with van der Waals surface area (Å²) in [6.45, 7) is 9.07. The van der Waals surface area contributed by atoms with E-state index in [1.807, 2.05) is 30.6 Å². The first-order valence-corrected chi connectivity index (χ1v) is 10.5. The lowest BCUT2D eigenvalue weighted by Crippen LogP contribution is -2.52. The van der Waals surface area contributed by atoms with Crippen LogP contribution in [0.5, 0.6) is 0 Å². The number of amides is 2. The number of hydrogen-bond donors (Lipinski definition) is 2. The Bertz CT molecular complexity index is 754. The number of aromatic nitrogens is 1. The topological polar surface area (TPSA) is 106 Å². The normalized spacial score (nSPS) is 18.4. The lowest BCUT2D eigenvalue weighted by Gasteiger charge is -2.39. The number of piperazine rings is 1. The van der Waals surface area contributed by atoms with Crippen molar-refractivity contribution in [2.45, 2.75) is 39.2 Å². The molecule has 2 aliphatic rings. The Morgan fingerprint density at radius 2 is 1.70 bits per heavy atom. The van der Waals surface area contributed by atoms with Crippen LogP contribution >= 0.6 is 0 Å². The van der Waals surface area contributed by atoms with Crippen LogP contribution in [-0.4, -0.2) is 88.8 Å². The van der Waals surface area contributed by atoms with Gasteiger partial charge in [-0.15, -0.1) is 0 Å². The summed E-state index contributed by atoms with van der Waals surface area (Å²) < 4.78 is 5.42. The molecule has 2 N–H and O–H groups in total. The van der Waals surface area contributed by atoms with E-state index in [2.05, 4.69) is 4.98 Å². The predicted octanol–water partition coefficient (Wildman–Crippen LogP) is 0.0571. The van der Waals surface area contributed by atoms with Crippen LogP contribution in [0.4, 0.5) is 10.6 Å². The van der Waals surface area contributed by atoms with Crippen LogP contribution in [0.3, 0.4) is 0 Å². The van der Waals surface area contributed by atoms with Gasteiger partial charge >= 0.3 is 13.2 Å². The molecule has 1 aromatic rings. The second-order valence-electron chi connectivity index (χ2n) is 8.88. The smallest absolute Gasteiger partial charge is 0.444 e. The van der Waals surface area contributed by atoms with Crippen LogP contribution in [0.1, 0.15) is 33.6 Å². The van der Waals surface area contributed by atoms with Crippen LogP contribution in [-0.2, 0) is 9.53 Å². The number of pyridine rings is 1. The maximum atomic E-state index is 12.9. The van der Waals surface area contributed by atoms with Gasteiger partial charge in [0.05, 0.1) is 0 Å². The van der Waals surface area contributed by atoms with Crippen molar-refractivity contribution in [2.24, 2.45) is 5.92 Å². The number of piperidine rings is 1. The summed E-state index contributed by atoms with van der Waals surface area (Å²) in [5.74, 6) is 0.755. The van der Waals surface area contributed by atoms with Gasteiger partial charge in [0.2, 0.25) is 5.91 Å². The third kappa shape index (κ3) is 5.63. The van der Waals surface area contributed by atoms with Gasteiger partial charge in [0.25, 0.3) is 0 Å². The molecule has 0 aromatic carbocycles. The zero-order valence-corrected chi connectivity index (χ0v) is 18.0. The molecule has 3 heterocycles. The molecular weight excluding hydrogens is 387 g/mol. The lowest BCUT2D eigenvalue weighted by atomic mass is 9.81. The summed E-state index contributed by atoms with van der Waals surface area (Å²) in [5.41, 5.74) is -0.122. The number of hydrogen-bond acceptors (Lipinski definition) is 7. The molecule has 0 saturated carbocycles. The Kier molecular flexibility index (Phi) is 6.87. The summed E-state index contributed by atoms with van der Waals surface area (Å²) in [4.78, 5) is 35.0. The molecule has 9 nitrogen and oxygen atoms in total. The van der Waals surface area contributed by atoms with Crippen molar-refractivity contribution in [1.29, 1.82) is 0 Å². The van der Waals surface area contributed by atoms with E-state index in [9.17, 15) is 19.6 Å². The summed E-state index contributed by atoms with van der Waals surface area (Å²) in [6.07, 6.45) is 2.54. The van der Waals surface area contributed by atoms with Gasteiger partial charge < -0.3 is 29.5 Å². The van der Waals surface area contributed by atoms with Gasteiger partial charge in [-0.2, -0.15) is 0 Å². The largest absolute Gasteiger partial charge is 0.488 e. The number of ether oxygens (including phenoxy) is 1. The monoisotopic (exact) mass is 418 g/mol. The summed E-state index contributed by atoms with van der Waals surface area (Å²) in [6, 6.07) is 3.23. The van der Waals surface area contributed by atoms with Crippen molar-refractivity contribution in [3.8, 4) is 0 Å². The average molecular weight is 418 g/mol. The van der Waals surface area contributed by atoms with Gasteiger partial charge in [0, 0.05) is 51.4 Å². The molecule has 2 aliphatic heterocycles. The number of rotatable bonds is 3. The molecule has 2 fully saturated rings. The molecule has 0 spiro atoms. The molecule has 2 amide bonds. The molecular formula is C20H31BN4O5. The summed E-state index contributed by atoms with van der Waals surface area (Å²) in [7, 11) is -1.53. The highest BCUT2D eigenvalue weighted by molar-refractivity contribution is 6.58. The van der Waals surface area contributed by atoms with E-state index in [0.717, 1.165) is 0 Å². The maximum absolute atomic E-state index is 12.9. The number of carbonyl (C=O) groups is 2. The van der Waals surface area contributed by atoms with Crippen LogP contribution in [0, 0.1) is 5.92 Å². The molecule has 0 radical (unpaired) electrons. The van der Waals surface area contributed by atoms with Gasteiger partial charge in [-0.25, -0.2) is 9.78 Å². The van der Waals surface area contributed by atoms with E-state index < -0.39 is 12.7 Å². The zero-order valence-electron chi connectivity index (χ0n) is 18.0. The molecule has 0 atom stereocenters. The quantitative estimate of drug-likeness (QED) is 0.669. The number of nitrogens with zero attached hydrogens (tertiary/aromatic N) is 4. The molecule has 0 aliphatic carbocycles. The Morgan fingerprint density at radius 3 is 2.27 bits per heavy atom. The van der Waals surface area contributed by atoms with E-state index in [1.165, 1.54) is 0 Å².